The summed E-state index contributed by atoms with van der Waals surface area (Å²) in [5.41, 5.74) is 4.71. The van der Waals surface area contributed by atoms with Crippen molar-refractivity contribution in [1.29, 1.82) is 0 Å². The first kappa shape index (κ1) is 13.3. The Balaban J connectivity index is 4.98. The van der Waals surface area contributed by atoms with E-state index in [0.717, 1.165) is 6.26 Å². The van der Waals surface area contributed by atoms with Gasteiger partial charge in [0.05, 0.1) is 0 Å². The van der Waals surface area contributed by atoms with Crippen LogP contribution in [0.2, 0.25) is 0 Å². The molecule has 0 rings (SSSR count). The first-order chi connectivity index (χ1) is 6.16. The molecule has 0 aromatic rings. The quantitative estimate of drug-likeness (QED) is 0.394. The fourth-order valence-electron chi connectivity index (χ4n) is 0.465. The van der Waals surface area contributed by atoms with Gasteiger partial charge in [0.25, 0.3) is 0 Å². The van der Waals surface area contributed by atoms with Crippen molar-refractivity contribution in [2.45, 2.75) is 6.92 Å². The van der Waals surface area contributed by atoms with E-state index >= 15 is 0 Å². The van der Waals surface area contributed by atoms with Gasteiger partial charge in [0.1, 0.15) is 0 Å². The maximum absolute atomic E-state index is 10.9. The standard InChI is InChI=1S/C7H9N2O3S.V/c1-5(7(8)10)6(2)9-4-13(3,11)12;/h1H,2-3H3,(H2,8,10);/q-1;. The predicted octanol–water partition coefficient (Wildman–Crippen LogP) is -1.03. The number of nitrogens with zero attached hydrogens (tertiary/aromatic N) is 1. The SMILES string of the molecule is [CH-]=C(C(N)=O)/C(C)=N\[C](=[V])S(C)(=O)=O. The van der Waals surface area contributed by atoms with Crippen LogP contribution in [0.5, 0.6) is 0 Å². The summed E-state index contributed by atoms with van der Waals surface area (Å²) in [6.45, 7) is 6.65. The van der Waals surface area contributed by atoms with Crippen LogP contribution >= 0.6 is 0 Å². The number of hydrogen-bond acceptors (Lipinski definition) is 4. The molecule has 0 aliphatic rings. The molecule has 0 atom stereocenters. The van der Waals surface area contributed by atoms with E-state index in [-0.39, 0.29) is 15.0 Å². The molecule has 7 heteroatoms. The number of carbonyl (C=O) groups excluding carboxylic acids is 1. The molecule has 0 saturated heterocycles. The Morgan fingerprint density at radius 3 is 2.21 bits per heavy atom. The van der Waals surface area contributed by atoms with Gasteiger partial charge in [-0.3, -0.25) is 0 Å². The predicted molar refractivity (Wildman–Crippen MR) is 50.0 cm³/mol. The normalized spacial score (nSPS) is 12.2. The molecule has 0 saturated carbocycles. The van der Waals surface area contributed by atoms with E-state index in [0.29, 0.717) is 0 Å². The summed E-state index contributed by atoms with van der Waals surface area (Å²) in [5.74, 6) is -0.833. The molecule has 14 heavy (non-hydrogen) atoms. The fourth-order valence-corrected chi connectivity index (χ4v) is 1.00. The molecule has 2 N–H and O–H groups in total. The van der Waals surface area contributed by atoms with Gasteiger partial charge < -0.3 is 0 Å². The van der Waals surface area contributed by atoms with Gasteiger partial charge in [-0.25, -0.2) is 0 Å². The van der Waals surface area contributed by atoms with Crippen molar-refractivity contribution in [3.8, 4) is 0 Å². The Morgan fingerprint density at radius 2 is 1.93 bits per heavy atom. The van der Waals surface area contributed by atoms with Crippen LogP contribution in [0.4, 0.5) is 0 Å². The summed E-state index contributed by atoms with van der Waals surface area (Å²) in [5, 5.41) is 0. The number of amides is 1. The van der Waals surface area contributed by atoms with E-state index in [9.17, 15) is 13.2 Å². The first-order valence-corrected chi connectivity index (χ1v) is 5.99. The second-order valence-electron chi connectivity index (χ2n) is 2.53. The third-order valence-corrected chi connectivity index (χ3v) is 3.71. The van der Waals surface area contributed by atoms with E-state index in [1.54, 1.807) is 17.0 Å². The van der Waals surface area contributed by atoms with Crippen molar-refractivity contribution in [1.82, 2.24) is 0 Å². The van der Waals surface area contributed by atoms with Gasteiger partial charge >= 0.3 is 91.4 Å². The van der Waals surface area contributed by atoms with Crippen molar-refractivity contribution in [3.05, 3.63) is 12.2 Å². The van der Waals surface area contributed by atoms with E-state index in [2.05, 4.69) is 4.99 Å². The minimum absolute atomic E-state index is 0.0820. The van der Waals surface area contributed by atoms with Crippen molar-refractivity contribution >= 4 is 25.1 Å². The Morgan fingerprint density at radius 1 is 1.50 bits per heavy atom. The molecular formula is C7H9N2O3SV-. The van der Waals surface area contributed by atoms with Gasteiger partial charge in [-0.15, -0.1) is 0 Å². The van der Waals surface area contributed by atoms with Crippen LogP contribution < -0.4 is 5.73 Å². The van der Waals surface area contributed by atoms with Crippen LogP contribution in [-0.2, 0) is 31.6 Å². The minimum atomic E-state index is -3.38. The second kappa shape index (κ2) is 4.68. The van der Waals surface area contributed by atoms with Crippen molar-refractivity contribution in [3.63, 3.8) is 0 Å². The van der Waals surface area contributed by atoms with Crippen LogP contribution in [0.25, 0.3) is 0 Å². The van der Waals surface area contributed by atoms with E-state index < -0.39 is 15.7 Å². The second-order valence-corrected chi connectivity index (χ2v) is 5.61. The van der Waals surface area contributed by atoms with E-state index in [1.807, 2.05) is 0 Å². The average molecular weight is 252 g/mol. The topological polar surface area (TPSA) is 89.6 Å². The Labute approximate surface area is 91.5 Å². The Kier molecular flexibility index (Phi) is 4.44. The summed E-state index contributed by atoms with van der Waals surface area (Å²) in [6, 6.07) is 0. The average Bonchev–Trinajstić information content (AvgIpc) is 2.00. The van der Waals surface area contributed by atoms with Crippen molar-refractivity contribution < 1.29 is 30.2 Å². The molecule has 0 aromatic carbocycles. The molecule has 0 unspecified atom stereocenters. The van der Waals surface area contributed by atoms with E-state index in [1.165, 1.54) is 6.92 Å². The number of rotatable bonds is 4. The summed E-state index contributed by atoms with van der Waals surface area (Å²) in [7, 11) is -3.38. The fraction of sp³-hybridized carbons (Fsp3) is 0.286. The summed E-state index contributed by atoms with van der Waals surface area (Å²) < 4.78 is 21.7. The first-order valence-electron chi connectivity index (χ1n) is 3.40. The molecule has 0 spiro atoms. The van der Waals surface area contributed by atoms with E-state index in [4.69, 9.17) is 12.3 Å². The van der Waals surface area contributed by atoms with Gasteiger partial charge in [-0.05, 0) is 0 Å². The zero-order valence-corrected chi connectivity index (χ0v) is 9.90. The van der Waals surface area contributed by atoms with Gasteiger partial charge in [-0.2, -0.15) is 0 Å². The monoisotopic (exact) mass is 252 g/mol. The third kappa shape index (κ3) is 4.00. The van der Waals surface area contributed by atoms with Gasteiger partial charge in [0.2, 0.25) is 0 Å². The molecule has 0 fully saturated rings. The summed E-state index contributed by atoms with van der Waals surface area (Å²) in [4.78, 5) is 14.2. The number of hydrogen-bond donors (Lipinski definition) is 1. The maximum atomic E-state index is 10.9. The number of carbonyl (C=O) groups is 1. The van der Waals surface area contributed by atoms with Gasteiger partial charge in [0, 0.05) is 0 Å². The summed E-state index contributed by atoms with van der Waals surface area (Å²) >= 11 is 1.79. The molecular weight excluding hydrogens is 243 g/mol. The molecule has 0 aromatic heterocycles. The molecule has 0 aliphatic heterocycles. The summed E-state index contributed by atoms with van der Waals surface area (Å²) in [6.07, 6.45) is 0.998. The molecule has 1 amide bonds. The molecule has 0 bridgehead atoms. The molecule has 0 heterocycles. The Hall–Kier alpha value is -0.716. The van der Waals surface area contributed by atoms with Crippen molar-refractivity contribution in [2.75, 3.05) is 6.26 Å². The van der Waals surface area contributed by atoms with Crippen LogP contribution in [0.15, 0.2) is 10.6 Å². The van der Waals surface area contributed by atoms with Crippen LogP contribution in [0.3, 0.4) is 0 Å². The van der Waals surface area contributed by atoms with Crippen LogP contribution in [0, 0.1) is 6.58 Å². The number of aliphatic imine (C=N–C) groups is 1. The number of nitrogens with two attached hydrogens (primary N) is 1. The molecule has 5 nitrogen and oxygen atoms in total. The number of sulfone groups is 1. The van der Waals surface area contributed by atoms with Crippen LogP contribution in [-0.4, -0.2) is 30.0 Å². The van der Waals surface area contributed by atoms with Crippen molar-refractivity contribution in [2.24, 2.45) is 10.7 Å². The molecule has 0 aliphatic carbocycles. The van der Waals surface area contributed by atoms with Gasteiger partial charge in [0.15, 0.2) is 0 Å². The molecule has 0 radical (unpaired) electrons. The van der Waals surface area contributed by atoms with Crippen LogP contribution in [0.1, 0.15) is 6.92 Å². The zero-order valence-electron chi connectivity index (χ0n) is 7.68. The number of primary amides is 1. The Bertz CT molecular complexity index is 422. The molecule has 77 valence electrons. The zero-order chi connectivity index (χ0) is 11.5. The third-order valence-electron chi connectivity index (χ3n) is 1.25. The van der Waals surface area contributed by atoms with Gasteiger partial charge in [-0.1, -0.05) is 0 Å².